The summed E-state index contributed by atoms with van der Waals surface area (Å²) >= 11 is 0. The topological polar surface area (TPSA) is 51.7 Å². The number of piperazine rings is 1. The van der Waals surface area contributed by atoms with Crippen LogP contribution in [-0.2, 0) is 0 Å². The van der Waals surface area contributed by atoms with E-state index in [0.29, 0.717) is 5.56 Å². The van der Waals surface area contributed by atoms with E-state index in [0.717, 1.165) is 50.6 Å². The lowest BCUT2D eigenvalue weighted by Crippen LogP contribution is -2.47. The molecule has 1 saturated heterocycles. The Balaban J connectivity index is 1.73. The molecule has 1 aromatic heterocycles. The van der Waals surface area contributed by atoms with Gasteiger partial charge in [0.2, 0.25) is 0 Å². The summed E-state index contributed by atoms with van der Waals surface area (Å²) in [4.78, 5) is 23.6. The number of pyridine rings is 1. The number of hydrogen-bond acceptors (Lipinski definition) is 5. The monoisotopic (exact) mass is 381 g/mol. The number of nitrogens with one attached hydrogen (secondary N) is 1. The Morgan fingerprint density at radius 1 is 1.11 bits per heavy atom. The molecule has 1 amide bonds. The predicted octanol–water partition coefficient (Wildman–Crippen LogP) is 3.37. The second-order valence-corrected chi connectivity index (χ2v) is 7.35. The van der Waals surface area contributed by atoms with Crippen LogP contribution in [0.4, 0.5) is 17.1 Å². The molecule has 1 fully saturated rings. The second-order valence-electron chi connectivity index (χ2n) is 7.35. The number of aromatic nitrogens is 1. The molecule has 2 aromatic rings. The smallest absolute Gasteiger partial charge is 0.255 e. The standard InChI is InChI=1S/C22H31N5O/c1-5-26(6-2)20-7-8-21(17(3)13-20)24-19-14-18(15-23-16-19)22(28)27-11-9-25(4)10-12-27/h7-8,13-16,24H,5-6,9-12H2,1-4H3. The summed E-state index contributed by atoms with van der Waals surface area (Å²) in [5, 5.41) is 3.42. The molecule has 0 radical (unpaired) electrons. The minimum atomic E-state index is 0.0536. The van der Waals surface area contributed by atoms with E-state index in [1.165, 1.54) is 11.3 Å². The average Bonchev–Trinajstić information content (AvgIpc) is 2.71. The number of carbonyl (C=O) groups is 1. The minimum absolute atomic E-state index is 0.0536. The number of carbonyl (C=O) groups excluding carboxylic acids is 1. The maximum atomic E-state index is 12.8. The van der Waals surface area contributed by atoms with Gasteiger partial charge in [0.25, 0.3) is 5.91 Å². The van der Waals surface area contributed by atoms with Crippen molar-refractivity contribution < 1.29 is 4.79 Å². The predicted molar refractivity (Wildman–Crippen MR) is 116 cm³/mol. The summed E-state index contributed by atoms with van der Waals surface area (Å²) in [7, 11) is 2.09. The lowest BCUT2D eigenvalue weighted by Gasteiger charge is -2.32. The number of anilines is 3. The van der Waals surface area contributed by atoms with Gasteiger partial charge in [-0.05, 0) is 57.6 Å². The maximum Gasteiger partial charge on any atom is 0.255 e. The Morgan fingerprint density at radius 2 is 1.82 bits per heavy atom. The first kappa shape index (κ1) is 20.1. The van der Waals surface area contributed by atoms with E-state index in [-0.39, 0.29) is 5.91 Å². The van der Waals surface area contributed by atoms with Crippen LogP contribution in [0, 0.1) is 6.92 Å². The van der Waals surface area contributed by atoms with Gasteiger partial charge in [-0.15, -0.1) is 0 Å². The van der Waals surface area contributed by atoms with Crippen LogP contribution in [0.1, 0.15) is 29.8 Å². The van der Waals surface area contributed by atoms with Crippen molar-refractivity contribution >= 4 is 23.0 Å². The summed E-state index contributed by atoms with van der Waals surface area (Å²) < 4.78 is 0. The third-order valence-electron chi connectivity index (χ3n) is 5.39. The Kier molecular flexibility index (Phi) is 6.52. The van der Waals surface area contributed by atoms with Crippen LogP contribution in [0.15, 0.2) is 36.7 Å². The zero-order valence-electron chi connectivity index (χ0n) is 17.4. The van der Waals surface area contributed by atoms with Crippen molar-refractivity contribution in [2.75, 3.05) is 56.5 Å². The van der Waals surface area contributed by atoms with Crippen LogP contribution < -0.4 is 10.2 Å². The molecule has 0 aliphatic carbocycles. The number of amides is 1. The Bertz CT molecular complexity index is 810. The summed E-state index contributed by atoms with van der Waals surface area (Å²) in [6.07, 6.45) is 3.42. The van der Waals surface area contributed by atoms with Crippen LogP contribution in [0.25, 0.3) is 0 Å². The molecule has 1 aliphatic heterocycles. The normalized spacial score (nSPS) is 14.8. The zero-order valence-corrected chi connectivity index (χ0v) is 17.4. The molecule has 0 unspecified atom stereocenters. The van der Waals surface area contributed by atoms with E-state index in [4.69, 9.17) is 0 Å². The van der Waals surface area contributed by atoms with Gasteiger partial charge in [0.05, 0.1) is 17.4 Å². The van der Waals surface area contributed by atoms with Gasteiger partial charge >= 0.3 is 0 Å². The first-order chi connectivity index (χ1) is 13.5. The van der Waals surface area contributed by atoms with Crippen molar-refractivity contribution in [3.63, 3.8) is 0 Å². The van der Waals surface area contributed by atoms with Gasteiger partial charge in [0.15, 0.2) is 0 Å². The summed E-state index contributed by atoms with van der Waals surface area (Å²) in [5.41, 5.74) is 4.89. The molecule has 0 bridgehead atoms. The van der Waals surface area contributed by atoms with Crippen LogP contribution in [-0.4, -0.2) is 67.0 Å². The molecule has 6 nitrogen and oxygen atoms in total. The first-order valence-corrected chi connectivity index (χ1v) is 10.1. The van der Waals surface area contributed by atoms with Gasteiger partial charge in [-0.2, -0.15) is 0 Å². The molecule has 0 spiro atoms. The molecule has 1 N–H and O–H groups in total. The second kappa shape index (κ2) is 9.06. The van der Waals surface area contributed by atoms with Gasteiger partial charge in [0.1, 0.15) is 0 Å². The Labute approximate surface area is 168 Å². The van der Waals surface area contributed by atoms with Crippen LogP contribution in [0.2, 0.25) is 0 Å². The molecule has 150 valence electrons. The third kappa shape index (κ3) is 4.62. The van der Waals surface area contributed by atoms with E-state index in [9.17, 15) is 4.79 Å². The van der Waals surface area contributed by atoms with E-state index in [2.05, 4.69) is 66.1 Å². The first-order valence-electron chi connectivity index (χ1n) is 10.1. The molecular weight excluding hydrogens is 350 g/mol. The highest BCUT2D eigenvalue weighted by Gasteiger charge is 2.20. The van der Waals surface area contributed by atoms with Crippen molar-refractivity contribution in [3.05, 3.63) is 47.8 Å². The molecule has 1 aromatic carbocycles. The third-order valence-corrected chi connectivity index (χ3v) is 5.39. The fourth-order valence-electron chi connectivity index (χ4n) is 3.55. The Morgan fingerprint density at radius 3 is 2.46 bits per heavy atom. The van der Waals surface area contributed by atoms with Gasteiger partial charge < -0.3 is 20.0 Å². The SMILES string of the molecule is CCN(CC)c1ccc(Nc2cncc(C(=O)N3CCN(C)CC3)c2)c(C)c1. The minimum Gasteiger partial charge on any atom is -0.372 e. The quantitative estimate of drug-likeness (QED) is 0.831. The molecule has 2 heterocycles. The van der Waals surface area contributed by atoms with Crippen LogP contribution >= 0.6 is 0 Å². The van der Waals surface area contributed by atoms with Crippen molar-refractivity contribution in [1.29, 1.82) is 0 Å². The Hall–Kier alpha value is -2.60. The lowest BCUT2D eigenvalue weighted by molar-refractivity contribution is 0.0663. The molecular formula is C22H31N5O. The fraction of sp³-hybridized carbons (Fsp3) is 0.455. The highest BCUT2D eigenvalue weighted by atomic mass is 16.2. The summed E-state index contributed by atoms with van der Waals surface area (Å²) in [6, 6.07) is 8.32. The van der Waals surface area contributed by atoms with E-state index in [1.54, 1.807) is 12.4 Å². The number of nitrogens with zero attached hydrogens (tertiary/aromatic N) is 4. The molecule has 1 aliphatic rings. The highest BCUT2D eigenvalue weighted by molar-refractivity contribution is 5.95. The van der Waals surface area contributed by atoms with Crippen LogP contribution in [0.5, 0.6) is 0 Å². The molecule has 0 atom stereocenters. The van der Waals surface area contributed by atoms with Crippen molar-refractivity contribution in [1.82, 2.24) is 14.8 Å². The fourth-order valence-corrected chi connectivity index (χ4v) is 3.55. The van der Waals surface area contributed by atoms with E-state index >= 15 is 0 Å². The van der Waals surface area contributed by atoms with Gasteiger partial charge in [0, 0.05) is 56.8 Å². The number of aryl methyl sites for hydroxylation is 1. The molecule has 3 rings (SSSR count). The number of rotatable bonds is 6. The number of likely N-dealkylation sites (N-methyl/N-ethyl adjacent to an activating group) is 1. The van der Waals surface area contributed by atoms with Crippen molar-refractivity contribution in [2.24, 2.45) is 0 Å². The molecule has 0 saturated carbocycles. The van der Waals surface area contributed by atoms with Gasteiger partial charge in [-0.25, -0.2) is 0 Å². The highest BCUT2D eigenvalue weighted by Crippen LogP contribution is 2.26. The lowest BCUT2D eigenvalue weighted by atomic mass is 10.1. The van der Waals surface area contributed by atoms with E-state index < -0.39 is 0 Å². The van der Waals surface area contributed by atoms with Gasteiger partial charge in [-0.3, -0.25) is 9.78 Å². The van der Waals surface area contributed by atoms with Crippen molar-refractivity contribution in [3.8, 4) is 0 Å². The maximum absolute atomic E-state index is 12.8. The van der Waals surface area contributed by atoms with Crippen molar-refractivity contribution in [2.45, 2.75) is 20.8 Å². The number of hydrogen-bond donors (Lipinski definition) is 1. The molecule has 28 heavy (non-hydrogen) atoms. The van der Waals surface area contributed by atoms with E-state index in [1.807, 2.05) is 11.0 Å². The summed E-state index contributed by atoms with van der Waals surface area (Å²) in [5.74, 6) is 0.0536. The number of benzene rings is 1. The summed E-state index contributed by atoms with van der Waals surface area (Å²) in [6.45, 7) is 11.8. The van der Waals surface area contributed by atoms with Gasteiger partial charge in [-0.1, -0.05) is 0 Å². The molecule has 6 heteroatoms. The average molecular weight is 382 g/mol. The zero-order chi connectivity index (χ0) is 20.1. The van der Waals surface area contributed by atoms with Crippen LogP contribution in [0.3, 0.4) is 0 Å². The largest absolute Gasteiger partial charge is 0.372 e.